The first-order valence-electron chi connectivity index (χ1n) is 9.68. The summed E-state index contributed by atoms with van der Waals surface area (Å²) < 4.78 is 11.8. The zero-order valence-corrected chi connectivity index (χ0v) is 19.8. The predicted octanol–water partition coefficient (Wildman–Crippen LogP) is 2.52. The van der Waals surface area contributed by atoms with E-state index < -0.39 is 0 Å². The molecule has 10 nitrogen and oxygen atoms in total. The molecule has 0 aliphatic rings. The van der Waals surface area contributed by atoms with Crippen molar-refractivity contribution >= 4 is 40.9 Å². The van der Waals surface area contributed by atoms with Crippen molar-refractivity contribution < 1.29 is 19.1 Å². The Kier molecular flexibility index (Phi) is 8.01. The molecule has 1 aromatic heterocycles. The van der Waals surface area contributed by atoms with Crippen molar-refractivity contribution in [1.29, 1.82) is 0 Å². The fourth-order valence-electron chi connectivity index (χ4n) is 2.84. The third-order valence-corrected chi connectivity index (χ3v) is 5.84. The van der Waals surface area contributed by atoms with Crippen molar-refractivity contribution in [3.05, 3.63) is 47.5 Å². The number of rotatable bonds is 9. The molecule has 1 heterocycles. The van der Waals surface area contributed by atoms with Gasteiger partial charge < -0.3 is 25.5 Å². The summed E-state index contributed by atoms with van der Waals surface area (Å²) in [6, 6.07) is 12.1. The lowest BCUT2D eigenvalue weighted by Crippen LogP contribution is -2.36. The summed E-state index contributed by atoms with van der Waals surface area (Å²) >= 11 is 7.15. The Balaban J connectivity index is 1.59. The highest BCUT2D eigenvalue weighted by atomic mass is 35.5. The lowest BCUT2D eigenvalue weighted by atomic mass is 10.2. The van der Waals surface area contributed by atoms with Crippen LogP contribution in [0.15, 0.2) is 47.6 Å². The van der Waals surface area contributed by atoms with E-state index in [2.05, 4.69) is 15.5 Å². The molecular weight excluding hydrogens is 468 g/mol. The Morgan fingerprint density at radius 1 is 1.15 bits per heavy atom. The maximum atomic E-state index is 12.5. The van der Waals surface area contributed by atoms with Crippen molar-refractivity contribution in [3.63, 3.8) is 0 Å². The summed E-state index contributed by atoms with van der Waals surface area (Å²) in [4.78, 5) is 26.0. The highest BCUT2D eigenvalue weighted by molar-refractivity contribution is 7.99. The van der Waals surface area contributed by atoms with E-state index in [1.54, 1.807) is 49.6 Å². The van der Waals surface area contributed by atoms with Crippen LogP contribution in [-0.2, 0) is 9.59 Å². The summed E-state index contributed by atoms with van der Waals surface area (Å²) in [6.07, 6.45) is 0. The first-order chi connectivity index (χ1) is 15.8. The summed E-state index contributed by atoms with van der Waals surface area (Å²) in [6.45, 7) is -0.128. The van der Waals surface area contributed by atoms with Crippen molar-refractivity contribution in [3.8, 4) is 22.9 Å². The van der Waals surface area contributed by atoms with Crippen LogP contribution >= 0.6 is 23.4 Å². The van der Waals surface area contributed by atoms with E-state index in [-0.39, 0.29) is 24.1 Å². The van der Waals surface area contributed by atoms with Gasteiger partial charge in [-0.05, 0) is 30.3 Å². The Hall–Kier alpha value is -3.44. The van der Waals surface area contributed by atoms with E-state index >= 15 is 0 Å². The van der Waals surface area contributed by atoms with Gasteiger partial charge >= 0.3 is 0 Å². The summed E-state index contributed by atoms with van der Waals surface area (Å²) in [5, 5.41) is 11.6. The minimum atomic E-state index is -0.360. The number of methoxy groups -OCH3 is 2. The molecule has 0 unspecified atom stereocenters. The molecule has 0 atom stereocenters. The normalized spacial score (nSPS) is 10.5. The van der Waals surface area contributed by atoms with E-state index in [4.69, 9.17) is 26.9 Å². The highest BCUT2D eigenvalue weighted by Crippen LogP contribution is 2.32. The monoisotopic (exact) mass is 490 g/mol. The van der Waals surface area contributed by atoms with Crippen molar-refractivity contribution in [1.82, 2.24) is 19.8 Å². The Labute approximate surface area is 200 Å². The molecule has 12 heteroatoms. The molecule has 0 aliphatic heterocycles. The van der Waals surface area contributed by atoms with Crippen LogP contribution in [-0.4, -0.2) is 65.2 Å². The van der Waals surface area contributed by atoms with Gasteiger partial charge in [0.15, 0.2) is 17.3 Å². The van der Waals surface area contributed by atoms with Crippen LogP contribution in [0.25, 0.3) is 11.4 Å². The number of hydrogen-bond acceptors (Lipinski definition) is 8. The molecule has 3 rings (SSSR count). The molecule has 0 spiro atoms. The third-order valence-electron chi connectivity index (χ3n) is 4.59. The number of nitrogens with one attached hydrogen (secondary N) is 1. The zero-order valence-electron chi connectivity index (χ0n) is 18.2. The first kappa shape index (κ1) is 24.2. The fraction of sp³-hybridized carbons (Fsp3) is 0.238. The van der Waals surface area contributed by atoms with E-state index in [9.17, 15) is 9.59 Å². The fourth-order valence-corrected chi connectivity index (χ4v) is 3.82. The molecule has 0 fully saturated rings. The van der Waals surface area contributed by atoms with Crippen LogP contribution < -0.4 is 20.6 Å². The zero-order chi connectivity index (χ0) is 24.0. The van der Waals surface area contributed by atoms with Gasteiger partial charge in [0.1, 0.15) is 0 Å². The van der Waals surface area contributed by atoms with Gasteiger partial charge in [-0.15, -0.1) is 10.2 Å². The highest BCUT2D eigenvalue weighted by Gasteiger charge is 2.18. The Morgan fingerprint density at radius 2 is 1.88 bits per heavy atom. The van der Waals surface area contributed by atoms with E-state index in [1.807, 2.05) is 0 Å². The predicted molar refractivity (Wildman–Crippen MR) is 127 cm³/mol. The average molecular weight is 491 g/mol. The molecule has 3 N–H and O–H groups in total. The second-order valence-electron chi connectivity index (χ2n) is 6.81. The van der Waals surface area contributed by atoms with Crippen LogP contribution in [0, 0.1) is 0 Å². The molecule has 0 saturated heterocycles. The number of hydrogen-bond donors (Lipinski definition) is 2. The standard InChI is InChI=1S/C21H23ClN6O4S/c1-27(11-18(29)24-15-7-5-4-6-14(15)22)19(30)12-33-21-26-25-20(28(21)23)13-8-9-16(31-2)17(10-13)32-3/h4-10H,11-12,23H2,1-3H3,(H,24,29). The summed E-state index contributed by atoms with van der Waals surface area (Å²) in [5.41, 5.74) is 1.16. The number of halogens is 1. The number of ether oxygens (including phenoxy) is 2. The minimum absolute atomic E-state index is 0.0249. The molecule has 174 valence electrons. The number of carbonyl (C=O) groups excluding carboxylic acids is 2. The molecular formula is C21H23ClN6O4S. The van der Waals surface area contributed by atoms with Gasteiger partial charge in [-0.3, -0.25) is 9.59 Å². The number of thioether (sulfide) groups is 1. The molecule has 33 heavy (non-hydrogen) atoms. The van der Waals surface area contributed by atoms with E-state index in [1.165, 1.54) is 23.7 Å². The van der Waals surface area contributed by atoms with Crippen molar-refractivity contribution in [2.24, 2.45) is 0 Å². The first-order valence-corrected chi connectivity index (χ1v) is 11.0. The van der Waals surface area contributed by atoms with E-state index in [0.29, 0.717) is 38.8 Å². The number of para-hydroxylation sites is 1. The number of anilines is 1. The molecule has 0 saturated carbocycles. The van der Waals surface area contributed by atoms with Gasteiger partial charge in [-0.1, -0.05) is 35.5 Å². The summed E-state index contributed by atoms with van der Waals surface area (Å²) in [7, 11) is 4.62. The third kappa shape index (κ3) is 5.88. The number of nitrogen functional groups attached to an aromatic ring is 1. The van der Waals surface area contributed by atoms with Gasteiger partial charge in [-0.2, -0.15) is 0 Å². The second-order valence-corrected chi connectivity index (χ2v) is 8.16. The lowest BCUT2D eigenvalue weighted by molar-refractivity contribution is -0.131. The number of nitrogens with two attached hydrogens (primary N) is 1. The van der Waals surface area contributed by atoms with Gasteiger partial charge in [0.05, 0.1) is 37.2 Å². The van der Waals surface area contributed by atoms with Gasteiger partial charge in [0.25, 0.3) is 0 Å². The molecule has 0 aliphatic carbocycles. The molecule has 0 bridgehead atoms. The van der Waals surface area contributed by atoms with Gasteiger partial charge in [0.2, 0.25) is 17.0 Å². The van der Waals surface area contributed by atoms with E-state index in [0.717, 1.165) is 11.8 Å². The number of amides is 2. The molecule has 3 aromatic rings. The Bertz CT molecular complexity index is 1160. The molecule has 2 aromatic carbocycles. The SMILES string of the molecule is COc1ccc(-c2nnc(SCC(=O)N(C)CC(=O)Nc3ccccc3Cl)n2N)cc1OC. The minimum Gasteiger partial charge on any atom is -0.493 e. The maximum absolute atomic E-state index is 12.5. The smallest absolute Gasteiger partial charge is 0.244 e. The van der Waals surface area contributed by atoms with Crippen molar-refractivity contribution in [2.75, 3.05) is 44.7 Å². The average Bonchev–Trinajstić information content (AvgIpc) is 3.18. The molecule has 2 amide bonds. The summed E-state index contributed by atoms with van der Waals surface area (Å²) in [5.74, 6) is 7.03. The topological polar surface area (TPSA) is 125 Å². The number of likely N-dealkylation sites (N-methyl/N-ethyl adjacent to an activating group) is 1. The van der Waals surface area contributed by atoms with Gasteiger partial charge in [0, 0.05) is 12.6 Å². The maximum Gasteiger partial charge on any atom is 0.244 e. The molecule has 0 radical (unpaired) electrons. The quantitative estimate of drug-likeness (QED) is 0.346. The van der Waals surface area contributed by atoms with Crippen LogP contribution in [0.5, 0.6) is 11.5 Å². The lowest BCUT2D eigenvalue weighted by Gasteiger charge is -2.16. The van der Waals surface area contributed by atoms with Gasteiger partial charge in [-0.25, -0.2) is 4.68 Å². The van der Waals surface area contributed by atoms with Crippen LogP contribution in [0.4, 0.5) is 5.69 Å². The van der Waals surface area contributed by atoms with Crippen LogP contribution in [0.2, 0.25) is 5.02 Å². The second kappa shape index (κ2) is 10.9. The number of carbonyl (C=O) groups is 2. The number of benzene rings is 2. The van der Waals surface area contributed by atoms with Crippen LogP contribution in [0.1, 0.15) is 0 Å². The van der Waals surface area contributed by atoms with Crippen LogP contribution in [0.3, 0.4) is 0 Å². The van der Waals surface area contributed by atoms with Crippen molar-refractivity contribution in [2.45, 2.75) is 5.16 Å². The largest absolute Gasteiger partial charge is 0.493 e. The number of nitrogens with zero attached hydrogens (tertiary/aromatic N) is 4. The Morgan fingerprint density at radius 3 is 2.58 bits per heavy atom. The number of aromatic nitrogens is 3.